The largest absolute Gasteiger partial charge is 0.393 e. The molecule has 27 heavy (non-hydrogen) atoms. The van der Waals surface area contributed by atoms with E-state index in [0.717, 1.165) is 23.1 Å². The van der Waals surface area contributed by atoms with E-state index in [2.05, 4.69) is 34.6 Å². The first-order chi connectivity index (χ1) is 12.3. The third-order valence-electron chi connectivity index (χ3n) is 4.98. The average Bonchev–Trinajstić information content (AvgIpc) is 2.52. The monoisotopic (exact) mass is 388 g/mol. The molecular weight excluding hydrogens is 360 g/mol. The van der Waals surface area contributed by atoms with Crippen molar-refractivity contribution in [3.8, 4) is 0 Å². The van der Waals surface area contributed by atoms with Crippen molar-refractivity contribution in [1.29, 1.82) is 0 Å². The predicted molar refractivity (Wildman–Crippen MR) is 114 cm³/mol. The molecule has 0 fully saturated rings. The van der Waals surface area contributed by atoms with Crippen LogP contribution in [0.1, 0.15) is 70.6 Å². The van der Waals surface area contributed by atoms with Crippen molar-refractivity contribution in [2.75, 3.05) is 5.73 Å². The molecule has 0 amide bonds. The maximum Gasteiger partial charge on any atom is 0.292 e. The van der Waals surface area contributed by atoms with E-state index in [1.807, 2.05) is 37.3 Å². The molecule has 0 bridgehead atoms. The summed E-state index contributed by atoms with van der Waals surface area (Å²) in [5.41, 5.74) is 9.06. The van der Waals surface area contributed by atoms with Gasteiger partial charge in [0.2, 0.25) is 0 Å². The highest BCUT2D eigenvalue weighted by atomic mass is 35.5. The van der Waals surface area contributed by atoms with Gasteiger partial charge in [-0.25, -0.2) is 0 Å². The molecule has 0 spiro atoms. The fourth-order valence-corrected chi connectivity index (χ4v) is 4.04. The van der Waals surface area contributed by atoms with Crippen molar-refractivity contribution >= 4 is 23.0 Å². The van der Waals surface area contributed by atoms with Crippen LogP contribution in [0.15, 0.2) is 36.4 Å². The zero-order valence-corrected chi connectivity index (χ0v) is 17.7. The summed E-state index contributed by atoms with van der Waals surface area (Å²) in [6.45, 7) is 12.8. The number of benzene rings is 2. The fraction of sp³-hybridized carbons (Fsp3) is 0.455. The summed E-state index contributed by atoms with van der Waals surface area (Å²) in [5.74, 6) is -0.0775. The molecule has 0 radical (unpaired) electrons. The van der Waals surface area contributed by atoms with E-state index < -0.39 is 0 Å². The first kappa shape index (κ1) is 21.2. The third kappa shape index (κ3) is 5.01. The van der Waals surface area contributed by atoms with Gasteiger partial charge in [0, 0.05) is 17.0 Å². The minimum atomic E-state index is -0.385. The SMILES string of the molecule is CC(c1ccc(Cl)cc1)c1cc(C(C)(C)CC(C)(C)C)cc([N+](=O)[O-])c1N. The van der Waals surface area contributed by atoms with E-state index >= 15 is 0 Å². The van der Waals surface area contributed by atoms with Crippen molar-refractivity contribution in [3.63, 3.8) is 0 Å². The van der Waals surface area contributed by atoms with Crippen LogP contribution in [0, 0.1) is 15.5 Å². The summed E-state index contributed by atoms with van der Waals surface area (Å²) in [6.07, 6.45) is 0.899. The molecule has 0 aliphatic heterocycles. The molecule has 4 nitrogen and oxygen atoms in total. The van der Waals surface area contributed by atoms with Crippen LogP contribution >= 0.6 is 11.6 Å². The summed E-state index contributed by atoms with van der Waals surface area (Å²) in [4.78, 5) is 11.3. The van der Waals surface area contributed by atoms with Gasteiger partial charge >= 0.3 is 0 Å². The van der Waals surface area contributed by atoms with Gasteiger partial charge in [0.15, 0.2) is 0 Å². The third-order valence-corrected chi connectivity index (χ3v) is 5.23. The molecule has 2 aromatic rings. The molecule has 5 heteroatoms. The second-order valence-corrected chi connectivity index (χ2v) is 9.59. The molecule has 0 heterocycles. The second kappa shape index (κ2) is 7.51. The van der Waals surface area contributed by atoms with Crippen LogP contribution in [0.4, 0.5) is 11.4 Å². The van der Waals surface area contributed by atoms with Crippen molar-refractivity contribution in [2.24, 2.45) is 5.41 Å². The Morgan fingerprint density at radius 3 is 2.15 bits per heavy atom. The second-order valence-electron chi connectivity index (χ2n) is 9.15. The number of nitrogens with zero attached hydrogens (tertiary/aromatic N) is 1. The molecular formula is C22H29ClN2O2. The van der Waals surface area contributed by atoms with Gasteiger partial charge in [-0.3, -0.25) is 10.1 Å². The standard InChI is InChI=1S/C22H29ClN2O2/c1-14(15-7-9-17(23)10-8-15)18-11-16(12-19(20(18)24)25(26)27)22(5,6)13-21(2,3)4/h7-12,14H,13,24H2,1-6H3. The number of nitro benzene ring substituents is 1. The normalized spacial score (nSPS) is 13.4. The lowest BCUT2D eigenvalue weighted by Gasteiger charge is -2.33. The number of nitrogen functional groups attached to an aromatic ring is 1. The van der Waals surface area contributed by atoms with E-state index in [4.69, 9.17) is 17.3 Å². The van der Waals surface area contributed by atoms with Crippen LogP contribution in [-0.4, -0.2) is 4.92 Å². The molecule has 0 saturated heterocycles. The first-order valence-electron chi connectivity index (χ1n) is 9.15. The molecule has 1 atom stereocenters. The Morgan fingerprint density at radius 1 is 1.11 bits per heavy atom. The average molecular weight is 389 g/mol. The molecule has 2 aromatic carbocycles. The minimum Gasteiger partial charge on any atom is -0.393 e. The first-order valence-corrected chi connectivity index (χ1v) is 9.53. The zero-order valence-electron chi connectivity index (χ0n) is 17.0. The highest BCUT2D eigenvalue weighted by Crippen LogP contribution is 2.42. The lowest BCUT2D eigenvalue weighted by molar-refractivity contribution is -0.384. The van der Waals surface area contributed by atoms with E-state index in [1.165, 1.54) is 0 Å². The number of hydrogen-bond donors (Lipinski definition) is 1. The van der Waals surface area contributed by atoms with Gasteiger partial charge in [-0.05, 0) is 46.1 Å². The Morgan fingerprint density at radius 2 is 1.67 bits per heavy atom. The molecule has 0 aliphatic carbocycles. The van der Waals surface area contributed by atoms with Gasteiger partial charge in [0.05, 0.1) is 4.92 Å². The Balaban J connectivity index is 2.61. The van der Waals surface area contributed by atoms with E-state index in [-0.39, 0.29) is 33.0 Å². The number of hydrogen-bond acceptors (Lipinski definition) is 3. The van der Waals surface area contributed by atoms with Crippen molar-refractivity contribution in [1.82, 2.24) is 0 Å². The highest BCUT2D eigenvalue weighted by Gasteiger charge is 2.31. The van der Waals surface area contributed by atoms with Crippen molar-refractivity contribution in [2.45, 2.75) is 59.3 Å². The molecule has 0 aliphatic rings. The Bertz CT molecular complexity index is 837. The highest BCUT2D eigenvalue weighted by molar-refractivity contribution is 6.30. The predicted octanol–water partition coefficient (Wildman–Crippen LogP) is 6.70. The Hall–Kier alpha value is -2.07. The molecule has 2 N–H and O–H groups in total. The summed E-state index contributed by atoms with van der Waals surface area (Å²) in [6, 6.07) is 11.2. The summed E-state index contributed by atoms with van der Waals surface area (Å²) in [5, 5.41) is 12.3. The minimum absolute atomic E-state index is 0.0229. The zero-order chi connectivity index (χ0) is 20.6. The van der Waals surface area contributed by atoms with Crippen LogP contribution in [0.5, 0.6) is 0 Å². The van der Waals surface area contributed by atoms with Gasteiger partial charge in [0.25, 0.3) is 5.69 Å². The van der Waals surface area contributed by atoms with Gasteiger partial charge in [-0.1, -0.05) is 71.3 Å². The molecule has 0 aromatic heterocycles. The lowest BCUT2D eigenvalue weighted by Crippen LogP contribution is -2.25. The van der Waals surface area contributed by atoms with Gasteiger partial charge < -0.3 is 5.73 Å². The van der Waals surface area contributed by atoms with Crippen molar-refractivity contribution in [3.05, 3.63) is 68.2 Å². The summed E-state index contributed by atoms with van der Waals surface area (Å²) < 4.78 is 0. The van der Waals surface area contributed by atoms with Crippen LogP contribution in [0.25, 0.3) is 0 Å². The molecule has 1 unspecified atom stereocenters. The molecule has 146 valence electrons. The number of nitrogens with two attached hydrogens (primary N) is 1. The summed E-state index contributed by atoms with van der Waals surface area (Å²) >= 11 is 5.99. The van der Waals surface area contributed by atoms with Crippen LogP contribution in [0.2, 0.25) is 5.02 Å². The van der Waals surface area contributed by atoms with Crippen LogP contribution < -0.4 is 5.73 Å². The fourth-order valence-electron chi connectivity index (χ4n) is 3.92. The van der Waals surface area contributed by atoms with Gasteiger partial charge in [0.1, 0.15) is 5.69 Å². The maximum atomic E-state index is 11.7. The maximum absolute atomic E-state index is 11.7. The smallest absolute Gasteiger partial charge is 0.292 e. The summed E-state index contributed by atoms with van der Waals surface area (Å²) in [7, 11) is 0. The van der Waals surface area contributed by atoms with Crippen molar-refractivity contribution < 1.29 is 4.92 Å². The lowest BCUT2D eigenvalue weighted by atomic mass is 9.71. The number of rotatable bonds is 5. The Labute approximate surface area is 166 Å². The number of anilines is 1. The topological polar surface area (TPSA) is 69.2 Å². The number of halogens is 1. The quantitative estimate of drug-likeness (QED) is 0.352. The van der Waals surface area contributed by atoms with E-state index in [1.54, 1.807) is 6.07 Å². The van der Waals surface area contributed by atoms with E-state index in [0.29, 0.717) is 5.02 Å². The van der Waals surface area contributed by atoms with Crippen LogP contribution in [-0.2, 0) is 5.41 Å². The molecule has 2 rings (SSSR count). The van der Waals surface area contributed by atoms with E-state index in [9.17, 15) is 10.1 Å². The molecule has 0 saturated carbocycles. The Kier molecular flexibility index (Phi) is 5.91. The van der Waals surface area contributed by atoms with Gasteiger partial charge in [-0.15, -0.1) is 0 Å². The number of nitro groups is 1. The van der Waals surface area contributed by atoms with Gasteiger partial charge in [-0.2, -0.15) is 0 Å². The van der Waals surface area contributed by atoms with Crippen LogP contribution in [0.3, 0.4) is 0 Å².